The predicted octanol–water partition coefficient (Wildman–Crippen LogP) is 10.3. The quantitative estimate of drug-likeness (QED) is 0.0268. The molecule has 0 saturated carbocycles. The van der Waals surface area contributed by atoms with Crippen molar-refractivity contribution in [3.8, 4) is 0 Å². The summed E-state index contributed by atoms with van der Waals surface area (Å²) in [5.41, 5.74) is 0. The second-order valence-electron chi connectivity index (χ2n) is 14.5. The van der Waals surface area contributed by atoms with E-state index in [1.165, 1.54) is 128 Å². The van der Waals surface area contributed by atoms with Gasteiger partial charge in [0.05, 0.1) is 13.2 Å². The van der Waals surface area contributed by atoms with E-state index < -0.39 is 57.6 Å². The number of phosphoric ester groups is 1. The van der Waals surface area contributed by atoms with Gasteiger partial charge in [-0.15, -0.1) is 0 Å². The minimum atomic E-state index is -4.74. The van der Waals surface area contributed by atoms with Gasteiger partial charge in [0.2, 0.25) is 5.91 Å². The number of carboxylic acids is 1. The highest BCUT2D eigenvalue weighted by Gasteiger charge is 2.28. The predicted molar refractivity (Wildman–Crippen MR) is 208 cm³/mol. The third-order valence-electron chi connectivity index (χ3n) is 9.40. The fraction of sp³-hybridized carbons (Fsp3) is 0.925. The Labute approximate surface area is 316 Å². The van der Waals surface area contributed by atoms with Gasteiger partial charge in [-0.3, -0.25) is 18.6 Å². The number of nitrogens with one attached hydrogen (secondary N) is 1. The molecular weight excluding hydrogens is 685 g/mol. The molecule has 0 saturated heterocycles. The summed E-state index contributed by atoms with van der Waals surface area (Å²) in [7, 11) is -4.74. The summed E-state index contributed by atoms with van der Waals surface area (Å²) in [5, 5.41) is 21.8. The van der Waals surface area contributed by atoms with Gasteiger partial charge in [-0.1, -0.05) is 181 Å². The molecule has 0 spiro atoms. The van der Waals surface area contributed by atoms with Crippen LogP contribution in [0.25, 0.3) is 0 Å². The number of ether oxygens (including phenoxy) is 1. The zero-order valence-corrected chi connectivity index (χ0v) is 34.0. The van der Waals surface area contributed by atoms with Crippen LogP contribution < -0.4 is 5.32 Å². The molecule has 0 heterocycles. The highest BCUT2D eigenvalue weighted by molar-refractivity contribution is 7.47. The summed E-state index contributed by atoms with van der Waals surface area (Å²) in [4.78, 5) is 45.8. The molecule has 0 aromatic rings. The number of aliphatic hydroxyl groups is 1. The van der Waals surface area contributed by atoms with Crippen LogP contribution in [0.4, 0.5) is 0 Å². The summed E-state index contributed by atoms with van der Waals surface area (Å²) >= 11 is 0. The van der Waals surface area contributed by atoms with Gasteiger partial charge in [0.1, 0.15) is 12.7 Å². The van der Waals surface area contributed by atoms with Crippen molar-refractivity contribution in [2.75, 3.05) is 19.8 Å². The highest BCUT2D eigenvalue weighted by Crippen LogP contribution is 2.43. The molecule has 3 atom stereocenters. The van der Waals surface area contributed by atoms with Gasteiger partial charge in [0, 0.05) is 12.8 Å². The zero-order valence-electron chi connectivity index (χ0n) is 33.1. The van der Waals surface area contributed by atoms with E-state index in [4.69, 9.17) is 13.8 Å². The van der Waals surface area contributed by atoms with E-state index in [1.807, 2.05) is 0 Å². The van der Waals surface area contributed by atoms with Crippen molar-refractivity contribution < 1.29 is 47.8 Å². The Kier molecular flexibility index (Phi) is 35.4. The first-order valence-electron chi connectivity index (χ1n) is 21.1. The van der Waals surface area contributed by atoms with E-state index in [0.29, 0.717) is 12.8 Å². The van der Waals surface area contributed by atoms with Crippen LogP contribution in [-0.2, 0) is 32.7 Å². The van der Waals surface area contributed by atoms with Crippen LogP contribution in [0.3, 0.4) is 0 Å². The summed E-state index contributed by atoms with van der Waals surface area (Å²) in [6, 6.07) is -1.54. The SMILES string of the molecule is CCCCCCCCCCCCCCCCCCC(=O)OCC(O)COP(=O)(O)OCC(NC(=O)CCCCCCCCCCCCCC)C(=O)O. The Morgan fingerprint density at radius 1 is 0.538 bits per heavy atom. The molecule has 0 aliphatic carbocycles. The van der Waals surface area contributed by atoms with Crippen LogP contribution in [-0.4, -0.2) is 64.9 Å². The topological polar surface area (TPSA) is 169 Å². The van der Waals surface area contributed by atoms with Crippen LogP contribution in [0.5, 0.6) is 0 Å². The Hall–Kier alpha value is -1.52. The number of rotatable bonds is 40. The molecule has 1 amide bonds. The second kappa shape index (κ2) is 36.5. The first kappa shape index (κ1) is 50.5. The number of phosphoric acid groups is 1. The second-order valence-corrected chi connectivity index (χ2v) is 16.0. The maximum Gasteiger partial charge on any atom is 0.472 e. The standard InChI is InChI=1S/C40H78NO10P/c1-3-5-7-9-11-13-15-17-18-19-20-22-24-26-28-30-32-39(44)49-33-36(42)34-50-52(47,48)51-35-37(40(45)46)41-38(43)31-29-27-25-23-21-16-14-12-10-8-6-4-2/h36-37,42H,3-35H2,1-2H3,(H,41,43)(H,45,46)(H,47,48). The number of hydrogen-bond acceptors (Lipinski definition) is 8. The third kappa shape index (κ3) is 35.5. The molecule has 0 bridgehead atoms. The van der Waals surface area contributed by atoms with E-state index in [-0.39, 0.29) is 12.8 Å². The van der Waals surface area contributed by atoms with Crippen LogP contribution in [0.2, 0.25) is 0 Å². The van der Waals surface area contributed by atoms with Crippen molar-refractivity contribution in [3.63, 3.8) is 0 Å². The number of esters is 1. The summed E-state index contributed by atoms with van der Waals surface area (Å²) in [6.45, 7) is 2.60. The number of amides is 1. The number of aliphatic carboxylic acids is 1. The number of unbranched alkanes of at least 4 members (excludes halogenated alkanes) is 26. The molecule has 0 aromatic carbocycles. The van der Waals surface area contributed by atoms with Crippen LogP contribution >= 0.6 is 7.82 Å². The Balaban J connectivity index is 3.87. The van der Waals surface area contributed by atoms with Crippen molar-refractivity contribution >= 4 is 25.7 Å². The maximum atomic E-state index is 12.2. The van der Waals surface area contributed by atoms with Gasteiger partial charge in [-0.2, -0.15) is 0 Å². The molecule has 11 nitrogen and oxygen atoms in total. The maximum absolute atomic E-state index is 12.2. The fourth-order valence-corrected chi connectivity index (χ4v) is 6.85. The molecule has 0 aliphatic rings. The largest absolute Gasteiger partial charge is 0.480 e. The average molecular weight is 764 g/mol. The van der Waals surface area contributed by atoms with E-state index >= 15 is 0 Å². The number of carbonyl (C=O) groups is 3. The first-order valence-corrected chi connectivity index (χ1v) is 22.6. The molecule has 52 heavy (non-hydrogen) atoms. The van der Waals surface area contributed by atoms with Crippen molar-refractivity contribution in [2.24, 2.45) is 0 Å². The third-order valence-corrected chi connectivity index (χ3v) is 10.3. The van der Waals surface area contributed by atoms with Gasteiger partial charge in [0.15, 0.2) is 6.04 Å². The lowest BCUT2D eigenvalue weighted by Gasteiger charge is -2.18. The molecular formula is C40H78NO10P. The van der Waals surface area contributed by atoms with Crippen LogP contribution in [0, 0.1) is 0 Å². The molecule has 0 aliphatic heterocycles. The number of carboxylic acid groups (broad SMARTS) is 1. The highest BCUT2D eigenvalue weighted by atomic mass is 31.2. The van der Waals surface area contributed by atoms with Gasteiger partial charge in [-0.05, 0) is 12.8 Å². The Morgan fingerprint density at radius 2 is 0.885 bits per heavy atom. The summed E-state index contributed by atoms with van der Waals surface area (Å²) < 4.78 is 26.8. The van der Waals surface area contributed by atoms with Crippen LogP contribution in [0.15, 0.2) is 0 Å². The van der Waals surface area contributed by atoms with Crippen molar-refractivity contribution in [2.45, 2.75) is 219 Å². The molecule has 308 valence electrons. The normalized spacial score (nSPS) is 13.8. The summed E-state index contributed by atoms with van der Waals surface area (Å²) in [5.74, 6) is -2.36. The molecule has 0 fully saturated rings. The van der Waals surface area contributed by atoms with E-state index in [1.54, 1.807) is 0 Å². The minimum Gasteiger partial charge on any atom is -0.480 e. The molecule has 0 radical (unpaired) electrons. The van der Waals surface area contributed by atoms with Gasteiger partial charge < -0.3 is 25.2 Å². The lowest BCUT2D eigenvalue weighted by atomic mass is 10.0. The van der Waals surface area contributed by atoms with Gasteiger partial charge in [-0.25, -0.2) is 9.36 Å². The monoisotopic (exact) mass is 764 g/mol. The van der Waals surface area contributed by atoms with Gasteiger partial charge >= 0.3 is 19.8 Å². The van der Waals surface area contributed by atoms with Gasteiger partial charge in [0.25, 0.3) is 0 Å². The van der Waals surface area contributed by atoms with Crippen molar-refractivity contribution in [3.05, 3.63) is 0 Å². The van der Waals surface area contributed by atoms with Crippen LogP contribution in [0.1, 0.15) is 206 Å². The fourth-order valence-electron chi connectivity index (χ4n) is 6.08. The molecule has 0 aromatic heterocycles. The summed E-state index contributed by atoms with van der Waals surface area (Å²) in [6.07, 6.45) is 32.7. The number of carbonyl (C=O) groups excluding carboxylic acids is 2. The lowest BCUT2D eigenvalue weighted by molar-refractivity contribution is -0.147. The smallest absolute Gasteiger partial charge is 0.472 e. The zero-order chi connectivity index (χ0) is 38.5. The average Bonchev–Trinajstić information content (AvgIpc) is 3.11. The van der Waals surface area contributed by atoms with Crippen molar-refractivity contribution in [1.29, 1.82) is 0 Å². The Bertz CT molecular complexity index is 906. The molecule has 12 heteroatoms. The Morgan fingerprint density at radius 3 is 1.27 bits per heavy atom. The molecule has 3 unspecified atom stereocenters. The lowest BCUT2D eigenvalue weighted by Crippen LogP contribution is -2.43. The first-order chi connectivity index (χ1) is 25.1. The molecule has 4 N–H and O–H groups in total. The van der Waals surface area contributed by atoms with E-state index in [0.717, 1.165) is 38.5 Å². The number of hydrogen-bond donors (Lipinski definition) is 4. The minimum absolute atomic E-state index is 0.152. The molecule has 0 rings (SSSR count). The number of aliphatic hydroxyl groups excluding tert-OH is 1. The van der Waals surface area contributed by atoms with Crippen molar-refractivity contribution in [1.82, 2.24) is 5.32 Å². The van der Waals surface area contributed by atoms with E-state index in [2.05, 4.69) is 19.2 Å². The van der Waals surface area contributed by atoms with E-state index in [9.17, 15) is 34.1 Å².